The summed E-state index contributed by atoms with van der Waals surface area (Å²) in [7, 11) is 1.53. The van der Waals surface area contributed by atoms with Crippen LogP contribution in [0.1, 0.15) is 5.69 Å². The predicted molar refractivity (Wildman–Crippen MR) is 62.9 cm³/mol. The molecule has 84 valence electrons. The normalized spacial score (nSPS) is 10.9. The second-order valence-electron chi connectivity index (χ2n) is 3.40. The van der Waals surface area contributed by atoms with E-state index in [1.54, 1.807) is 0 Å². The second kappa shape index (κ2) is 4.35. The van der Waals surface area contributed by atoms with Crippen molar-refractivity contribution in [2.45, 2.75) is 6.61 Å². The van der Waals surface area contributed by atoms with Crippen LogP contribution in [0.25, 0.3) is 10.9 Å². The van der Waals surface area contributed by atoms with E-state index in [-0.39, 0.29) is 9.90 Å². The number of hydrogen-bond donors (Lipinski definition) is 1. The molecule has 1 aromatic carbocycles. The number of benzene rings is 1. The fourth-order valence-electron chi connectivity index (χ4n) is 1.53. The molecule has 0 spiro atoms. The molecule has 16 heavy (non-hydrogen) atoms. The van der Waals surface area contributed by atoms with Crippen LogP contribution in [-0.2, 0) is 11.3 Å². The van der Waals surface area contributed by atoms with Gasteiger partial charge in [0, 0.05) is 24.3 Å². The van der Waals surface area contributed by atoms with Gasteiger partial charge < -0.3 is 9.72 Å². The van der Waals surface area contributed by atoms with Gasteiger partial charge in [-0.25, -0.2) is 4.39 Å². The van der Waals surface area contributed by atoms with Crippen LogP contribution in [0.5, 0.6) is 0 Å². The third-order valence-corrected chi connectivity index (χ3v) is 2.83. The van der Waals surface area contributed by atoms with E-state index in [9.17, 15) is 9.18 Å². The smallest absolute Gasteiger partial charge is 0.189 e. The molecule has 2 rings (SSSR count). The fourth-order valence-corrected chi connectivity index (χ4v) is 1.88. The summed E-state index contributed by atoms with van der Waals surface area (Å²) in [5.41, 5.74) is 0.948. The van der Waals surface area contributed by atoms with E-state index in [1.807, 2.05) is 0 Å². The van der Waals surface area contributed by atoms with Gasteiger partial charge in [-0.05, 0) is 28.1 Å². The number of aromatic amines is 1. The van der Waals surface area contributed by atoms with E-state index in [1.165, 1.54) is 25.3 Å². The summed E-state index contributed by atoms with van der Waals surface area (Å²) in [6.07, 6.45) is 0. The zero-order chi connectivity index (χ0) is 11.7. The lowest BCUT2D eigenvalue weighted by molar-refractivity contribution is 0.181. The quantitative estimate of drug-likeness (QED) is 0.922. The summed E-state index contributed by atoms with van der Waals surface area (Å²) in [5, 5.41) is 0.452. The Labute approximate surface area is 99.4 Å². The first-order chi connectivity index (χ1) is 7.61. The first-order valence-corrected chi connectivity index (χ1v) is 5.41. The van der Waals surface area contributed by atoms with Gasteiger partial charge in [0.1, 0.15) is 5.82 Å². The van der Waals surface area contributed by atoms with Gasteiger partial charge in [0.05, 0.1) is 16.6 Å². The number of rotatable bonds is 2. The van der Waals surface area contributed by atoms with Crippen molar-refractivity contribution in [1.29, 1.82) is 0 Å². The van der Waals surface area contributed by atoms with Crippen molar-refractivity contribution in [3.63, 3.8) is 0 Å². The Morgan fingerprint density at radius 2 is 2.19 bits per heavy atom. The number of aromatic nitrogens is 1. The summed E-state index contributed by atoms with van der Waals surface area (Å²) in [6.45, 7) is 0.295. The minimum Gasteiger partial charge on any atom is -0.378 e. The van der Waals surface area contributed by atoms with Crippen molar-refractivity contribution in [2.75, 3.05) is 7.11 Å². The Kier molecular flexibility index (Phi) is 3.07. The molecule has 0 amide bonds. The molecular weight excluding hydrogens is 277 g/mol. The highest BCUT2D eigenvalue weighted by molar-refractivity contribution is 9.10. The van der Waals surface area contributed by atoms with Gasteiger partial charge in [-0.1, -0.05) is 0 Å². The molecule has 0 fully saturated rings. The molecule has 1 heterocycles. The SMILES string of the molecule is COCc1cc(=O)c2cc(Br)c(F)cc2[nH]1. The average Bonchev–Trinajstić information content (AvgIpc) is 2.22. The maximum absolute atomic E-state index is 13.3. The van der Waals surface area contributed by atoms with Gasteiger partial charge in [0.15, 0.2) is 5.43 Å². The van der Waals surface area contributed by atoms with Crippen molar-refractivity contribution in [3.05, 3.63) is 44.4 Å². The van der Waals surface area contributed by atoms with Crippen molar-refractivity contribution in [3.8, 4) is 0 Å². The van der Waals surface area contributed by atoms with Crippen LogP contribution < -0.4 is 5.43 Å². The van der Waals surface area contributed by atoms with E-state index in [0.29, 0.717) is 23.2 Å². The number of ether oxygens (including phenoxy) is 1. The molecule has 0 unspecified atom stereocenters. The number of halogens is 2. The molecule has 2 aromatic rings. The molecule has 3 nitrogen and oxygen atoms in total. The third kappa shape index (κ3) is 2.01. The Bertz CT molecular complexity index is 594. The number of hydrogen-bond acceptors (Lipinski definition) is 2. The van der Waals surface area contributed by atoms with E-state index >= 15 is 0 Å². The number of H-pyrrole nitrogens is 1. The van der Waals surface area contributed by atoms with Gasteiger partial charge in [0.25, 0.3) is 0 Å². The van der Waals surface area contributed by atoms with E-state index in [2.05, 4.69) is 20.9 Å². The van der Waals surface area contributed by atoms with Crippen LogP contribution in [0.4, 0.5) is 4.39 Å². The Hall–Kier alpha value is -1.20. The Balaban J connectivity index is 2.72. The lowest BCUT2D eigenvalue weighted by Gasteiger charge is -2.04. The first kappa shape index (κ1) is 11.3. The molecular formula is C11H9BrFNO2. The van der Waals surface area contributed by atoms with Crippen LogP contribution in [0, 0.1) is 5.82 Å². The molecule has 0 aliphatic rings. The minimum absolute atomic E-state index is 0.151. The van der Waals surface area contributed by atoms with E-state index < -0.39 is 5.82 Å². The zero-order valence-electron chi connectivity index (χ0n) is 8.51. The van der Waals surface area contributed by atoms with Crippen molar-refractivity contribution in [1.82, 2.24) is 4.98 Å². The number of methoxy groups -OCH3 is 1. The second-order valence-corrected chi connectivity index (χ2v) is 4.26. The third-order valence-electron chi connectivity index (χ3n) is 2.23. The highest BCUT2D eigenvalue weighted by Crippen LogP contribution is 2.20. The van der Waals surface area contributed by atoms with Gasteiger partial charge >= 0.3 is 0 Å². The molecule has 1 aromatic heterocycles. The Morgan fingerprint density at radius 1 is 1.44 bits per heavy atom. The molecule has 0 saturated carbocycles. The standard InChI is InChI=1S/C11H9BrFNO2/c1-16-5-6-2-11(15)7-3-8(12)9(13)4-10(7)14-6/h2-4H,5H2,1H3,(H,14,15). The zero-order valence-corrected chi connectivity index (χ0v) is 10.1. The van der Waals surface area contributed by atoms with Crippen molar-refractivity contribution in [2.24, 2.45) is 0 Å². The summed E-state index contributed by atoms with van der Waals surface area (Å²) < 4.78 is 18.5. The lowest BCUT2D eigenvalue weighted by Crippen LogP contribution is -2.06. The van der Waals surface area contributed by atoms with Gasteiger partial charge in [-0.15, -0.1) is 0 Å². The van der Waals surface area contributed by atoms with Crippen LogP contribution in [0.2, 0.25) is 0 Å². The van der Waals surface area contributed by atoms with Gasteiger partial charge in [-0.3, -0.25) is 4.79 Å². The summed E-state index contributed by atoms with van der Waals surface area (Å²) in [5.74, 6) is -0.405. The number of fused-ring (bicyclic) bond motifs is 1. The van der Waals surface area contributed by atoms with Crippen molar-refractivity contribution < 1.29 is 9.13 Å². The monoisotopic (exact) mass is 285 g/mol. The summed E-state index contributed by atoms with van der Waals surface area (Å²) in [6, 6.07) is 4.22. The van der Waals surface area contributed by atoms with E-state index in [4.69, 9.17) is 4.74 Å². The number of nitrogens with one attached hydrogen (secondary N) is 1. The molecule has 1 N–H and O–H groups in total. The largest absolute Gasteiger partial charge is 0.378 e. The minimum atomic E-state index is -0.405. The molecule has 0 saturated heterocycles. The average molecular weight is 286 g/mol. The van der Waals surface area contributed by atoms with Gasteiger partial charge in [-0.2, -0.15) is 0 Å². The lowest BCUT2D eigenvalue weighted by atomic mass is 10.2. The highest BCUT2D eigenvalue weighted by atomic mass is 79.9. The Morgan fingerprint density at radius 3 is 2.88 bits per heavy atom. The molecule has 0 aliphatic carbocycles. The molecule has 0 bridgehead atoms. The highest BCUT2D eigenvalue weighted by Gasteiger charge is 2.06. The fraction of sp³-hybridized carbons (Fsp3) is 0.182. The molecule has 0 atom stereocenters. The van der Waals surface area contributed by atoms with Gasteiger partial charge in [0.2, 0.25) is 0 Å². The van der Waals surface area contributed by atoms with Crippen molar-refractivity contribution >= 4 is 26.8 Å². The van der Waals surface area contributed by atoms with Crippen LogP contribution in [-0.4, -0.2) is 12.1 Å². The predicted octanol–water partition coefficient (Wildman–Crippen LogP) is 2.58. The number of pyridine rings is 1. The van der Waals surface area contributed by atoms with E-state index in [0.717, 1.165) is 0 Å². The topological polar surface area (TPSA) is 42.1 Å². The first-order valence-electron chi connectivity index (χ1n) is 4.61. The molecule has 5 heteroatoms. The molecule has 0 aliphatic heterocycles. The maximum Gasteiger partial charge on any atom is 0.189 e. The summed E-state index contributed by atoms with van der Waals surface area (Å²) in [4.78, 5) is 14.7. The van der Waals surface area contributed by atoms with Crippen LogP contribution >= 0.6 is 15.9 Å². The van der Waals surface area contributed by atoms with Crippen LogP contribution in [0.3, 0.4) is 0 Å². The maximum atomic E-state index is 13.3. The van der Waals surface area contributed by atoms with Crippen LogP contribution in [0.15, 0.2) is 27.5 Å². The summed E-state index contributed by atoms with van der Waals surface area (Å²) >= 11 is 3.05. The molecule has 0 radical (unpaired) electrons.